The summed E-state index contributed by atoms with van der Waals surface area (Å²) in [6.45, 7) is 7.02. The highest BCUT2D eigenvalue weighted by molar-refractivity contribution is 5.79. The van der Waals surface area contributed by atoms with Crippen molar-refractivity contribution in [3.63, 3.8) is 0 Å². The maximum atomic E-state index is 12.4. The van der Waals surface area contributed by atoms with Gasteiger partial charge in [-0.2, -0.15) is 0 Å². The molecule has 0 aromatic rings. The molecule has 19 heavy (non-hydrogen) atoms. The Balaban J connectivity index is 1.90. The fourth-order valence-electron chi connectivity index (χ4n) is 3.43. The molecule has 1 aliphatic carbocycles. The van der Waals surface area contributed by atoms with Gasteiger partial charge in [0.1, 0.15) is 0 Å². The summed E-state index contributed by atoms with van der Waals surface area (Å²) in [4.78, 5) is 12.4. The fourth-order valence-corrected chi connectivity index (χ4v) is 3.43. The Labute approximate surface area is 116 Å². The minimum Gasteiger partial charge on any atom is -0.375 e. The summed E-state index contributed by atoms with van der Waals surface area (Å²) in [6.07, 6.45) is 4.92. The first-order chi connectivity index (χ1) is 8.89. The zero-order chi connectivity index (χ0) is 14.0. The average molecular weight is 268 g/mol. The molecule has 3 N–H and O–H groups in total. The highest BCUT2D eigenvalue weighted by Crippen LogP contribution is 2.30. The number of nitrogens with two attached hydrogens (primary N) is 1. The van der Waals surface area contributed by atoms with E-state index in [0.29, 0.717) is 5.92 Å². The Hall–Kier alpha value is -0.610. The molecule has 0 spiro atoms. The number of hydrogen-bond acceptors (Lipinski definition) is 3. The van der Waals surface area contributed by atoms with Gasteiger partial charge in [0.15, 0.2) is 0 Å². The van der Waals surface area contributed by atoms with Gasteiger partial charge in [-0.3, -0.25) is 4.79 Å². The van der Waals surface area contributed by atoms with Crippen LogP contribution >= 0.6 is 0 Å². The van der Waals surface area contributed by atoms with Gasteiger partial charge < -0.3 is 15.8 Å². The fraction of sp³-hybridized carbons (Fsp3) is 0.933. The van der Waals surface area contributed by atoms with Crippen LogP contribution in [0, 0.1) is 11.8 Å². The zero-order valence-corrected chi connectivity index (χ0v) is 12.4. The molecule has 1 saturated carbocycles. The van der Waals surface area contributed by atoms with Crippen LogP contribution in [-0.2, 0) is 9.53 Å². The second-order valence-electron chi connectivity index (χ2n) is 6.87. The third-order valence-electron chi connectivity index (χ3n) is 4.74. The summed E-state index contributed by atoms with van der Waals surface area (Å²) in [5, 5.41) is 3.22. The molecule has 1 aliphatic heterocycles. The van der Waals surface area contributed by atoms with E-state index >= 15 is 0 Å². The molecule has 110 valence electrons. The molecule has 4 nitrogen and oxygen atoms in total. The molecule has 0 aromatic heterocycles. The van der Waals surface area contributed by atoms with Gasteiger partial charge in [0.05, 0.1) is 5.60 Å². The topological polar surface area (TPSA) is 64.4 Å². The molecule has 2 rings (SSSR count). The van der Waals surface area contributed by atoms with E-state index in [1.807, 2.05) is 0 Å². The number of hydrogen-bond donors (Lipinski definition) is 2. The summed E-state index contributed by atoms with van der Waals surface area (Å²) in [7, 11) is 0. The van der Waals surface area contributed by atoms with Crippen LogP contribution < -0.4 is 11.1 Å². The summed E-state index contributed by atoms with van der Waals surface area (Å²) in [5.41, 5.74) is 5.96. The highest BCUT2D eigenvalue weighted by Gasteiger charge is 2.35. The minimum atomic E-state index is -0.120. The quantitative estimate of drug-likeness (QED) is 0.803. The number of carbonyl (C=O) groups is 1. The lowest BCUT2D eigenvalue weighted by Crippen LogP contribution is -2.50. The van der Waals surface area contributed by atoms with E-state index in [2.05, 4.69) is 26.1 Å². The molecule has 2 fully saturated rings. The first kappa shape index (κ1) is 14.8. The first-order valence-electron chi connectivity index (χ1n) is 7.59. The molecule has 1 saturated heterocycles. The van der Waals surface area contributed by atoms with E-state index in [9.17, 15) is 4.79 Å². The predicted molar refractivity (Wildman–Crippen MR) is 75.7 cm³/mol. The first-order valence-corrected chi connectivity index (χ1v) is 7.59. The Bertz CT molecular complexity index is 330. The summed E-state index contributed by atoms with van der Waals surface area (Å²) < 4.78 is 5.69. The predicted octanol–water partition coefficient (Wildman–Crippen LogP) is 1.82. The molecule has 4 heteroatoms. The number of nitrogens with one attached hydrogen (secondary N) is 1. The van der Waals surface area contributed by atoms with Crippen molar-refractivity contribution >= 4 is 5.91 Å². The van der Waals surface area contributed by atoms with Gasteiger partial charge in [-0.15, -0.1) is 0 Å². The monoisotopic (exact) mass is 268 g/mol. The van der Waals surface area contributed by atoms with Crippen molar-refractivity contribution < 1.29 is 9.53 Å². The molecule has 4 unspecified atom stereocenters. The lowest BCUT2D eigenvalue weighted by molar-refractivity contribution is -0.130. The maximum Gasteiger partial charge on any atom is 0.223 e. The van der Waals surface area contributed by atoms with Crippen molar-refractivity contribution in [3.8, 4) is 0 Å². The van der Waals surface area contributed by atoms with E-state index in [4.69, 9.17) is 10.5 Å². The molecular weight excluding hydrogens is 240 g/mol. The van der Waals surface area contributed by atoms with Crippen LogP contribution in [0.5, 0.6) is 0 Å². The van der Waals surface area contributed by atoms with E-state index in [0.717, 1.165) is 38.7 Å². The molecule has 1 heterocycles. The summed E-state index contributed by atoms with van der Waals surface area (Å²) in [6, 6.07) is 0.428. The number of rotatable bonds is 2. The maximum absolute atomic E-state index is 12.4. The molecule has 1 amide bonds. The Kier molecular flexibility index (Phi) is 4.51. The highest BCUT2D eigenvalue weighted by atomic mass is 16.5. The molecule has 0 radical (unpaired) electrons. The number of amides is 1. The Morgan fingerprint density at radius 2 is 2.05 bits per heavy atom. The van der Waals surface area contributed by atoms with Crippen molar-refractivity contribution in [1.29, 1.82) is 0 Å². The summed E-state index contributed by atoms with van der Waals surface area (Å²) >= 11 is 0. The van der Waals surface area contributed by atoms with Crippen LogP contribution in [0.4, 0.5) is 0 Å². The van der Waals surface area contributed by atoms with Gasteiger partial charge in [0.25, 0.3) is 0 Å². The third kappa shape index (κ3) is 3.69. The van der Waals surface area contributed by atoms with Crippen LogP contribution in [0.25, 0.3) is 0 Å². The van der Waals surface area contributed by atoms with E-state index in [-0.39, 0.29) is 29.5 Å². The van der Waals surface area contributed by atoms with Gasteiger partial charge in [-0.05, 0) is 45.4 Å². The largest absolute Gasteiger partial charge is 0.375 e. The SMILES string of the molecule is CC1C(N)CCCC1C(=O)NC1CCOC(C)(C)C1. The van der Waals surface area contributed by atoms with Gasteiger partial charge in [-0.1, -0.05) is 13.3 Å². The van der Waals surface area contributed by atoms with Gasteiger partial charge in [0, 0.05) is 24.6 Å². The zero-order valence-electron chi connectivity index (χ0n) is 12.4. The van der Waals surface area contributed by atoms with Crippen LogP contribution in [0.1, 0.15) is 52.9 Å². The average Bonchev–Trinajstić information content (AvgIpc) is 2.31. The smallest absolute Gasteiger partial charge is 0.223 e. The summed E-state index contributed by atoms with van der Waals surface area (Å²) in [5.74, 6) is 0.585. The lowest BCUT2D eigenvalue weighted by Gasteiger charge is -2.38. The number of carbonyl (C=O) groups excluding carboxylic acids is 1. The van der Waals surface area contributed by atoms with E-state index in [1.54, 1.807) is 0 Å². The number of ether oxygens (including phenoxy) is 1. The van der Waals surface area contributed by atoms with Gasteiger partial charge in [0.2, 0.25) is 5.91 Å². The molecule has 0 bridgehead atoms. The van der Waals surface area contributed by atoms with E-state index < -0.39 is 0 Å². The molecule has 2 aliphatic rings. The standard InChI is InChI=1S/C15H28N2O2/c1-10-12(5-4-6-13(10)16)14(18)17-11-7-8-19-15(2,3)9-11/h10-13H,4-9,16H2,1-3H3,(H,17,18). The van der Waals surface area contributed by atoms with Crippen molar-refractivity contribution in [1.82, 2.24) is 5.32 Å². The second kappa shape index (κ2) is 5.80. The van der Waals surface area contributed by atoms with Crippen molar-refractivity contribution in [2.75, 3.05) is 6.61 Å². The normalized spacial score (nSPS) is 38.7. The van der Waals surface area contributed by atoms with Crippen molar-refractivity contribution in [2.24, 2.45) is 17.6 Å². The van der Waals surface area contributed by atoms with Crippen LogP contribution in [0.15, 0.2) is 0 Å². The second-order valence-corrected chi connectivity index (χ2v) is 6.87. The Morgan fingerprint density at radius 3 is 2.74 bits per heavy atom. The van der Waals surface area contributed by atoms with Crippen LogP contribution in [-0.4, -0.2) is 30.2 Å². The van der Waals surface area contributed by atoms with Crippen LogP contribution in [0.2, 0.25) is 0 Å². The molecular formula is C15H28N2O2. The van der Waals surface area contributed by atoms with Gasteiger partial charge >= 0.3 is 0 Å². The minimum absolute atomic E-state index is 0.0923. The Morgan fingerprint density at radius 1 is 1.32 bits per heavy atom. The van der Waals surface area contributed by atoms with Crippen molar-refractivity contribution in [2.45, 2.75) is 70.6 Å². The lowest BCUT2D eigenvalue weighted by atomic mass is 9.76. The van der Waals surface area contributed by atoms with E-state index in [1.165, 1.54) is 0 Å². The molecule has 4 atom stereocenters. The molecule has 0 aromatic carbocycles. The van der Waals surface area contributed by atoms with Gasteiger partial charge in [-0.25, -0.2) is 0 Å². The van der Waals surface area contributed by atoms with Crippen LogP contribution in [0.3, 0.4) is 0 Å². The third-order valence-corrected chi connectivity index (χ3v) is 4.74. The van der Waals surface area contributed by atoms with Crippen molar-refractivity contribution in [3.05, 3.63) is 0 Å².